The molecule has 0 radical (unpaired) electrons. The molecule has 0 rings (SSSR count). The summed E-state index contributed by atoms with van der Waals surface area (Å²) in [5.74, 6) is 0. The van der Waals surface area contributed by atoms with Gasteiger partial charge < -0.3 is 9.47 Å². The highest BCUT2D eigenvalue weighted by Crippen LogP contribution is 2.20. The van der Waals surface area contributed by atoms with Gasteiger partial charge in [-0.3, -0.25) is 9.78 Å². The van der Waals surface area contributed by atoms with Gasteiger partial charge in [-0.2, -0.15) is 9.78 Å². The molecule has 0 bridgehead atoms. The van der Waals surface area contributed by atoms with E-state index in [2.05, 4.69) is 13.8 Å². The van der Waals surface area contributed by atoms with Gasteiger partial charge in [0, 0.05) is 0 Å². The molecule has 0 aliphatic rings. The van der Waals surface area contributed by atoms with Gasteiger partial charge >= 0.3 is 12.3 Å². The van der Waals surface area contributed by atoms with Crippen LogP contribution in [0.15, 0.2) is 12.2 Å². The first-order valence-corrected chi connectivity index (χ1v) is 11.7. The van der Waals surface area contributed by atoms with Crippen molar-refractivity contribution in [2.45, 2.75) is 130 Å². The summed E-state index contributed by atoms with van der Waals surface area (Å²) in [4.78, 5) is 43.5. The van der Waals surface area contributed by atoms with Gasteiger partial charge in [0.15, 0.2) is 0 Å². The van der Waals surface area contributed by atoms with E-state index < -0.39 is 35.7 Å². The van der Waals surface area contributed by atoms with E-state index in [-0.39, 0.29) is 0 Å². The molecule has 0 aromatic rings. The molecule has 0 aromatic heterocycles. The van der Waals surface area contributed by atoms with Crippen LogP contribution in [0.5, 0.6) is 0 Å². The fraction of sp³-hybridized carbons (Fsp3) is 0.833. The zero-order valence-electron chi connectivity index (χ0n) is 21.2. The van der Waals surface area contributed by atoms with Crippen LogP contribution in [0.25, 0.3) is 0 Å². The van der Waals surface area contributed by atoms with Gasteiger partial charge in [0.25, 0.3) is 0 Å². The molecule has 8 heteroatoms. The molecule has 0 N–H and O–H groups in total. The fourth-order valence-corrected chi connectivity index (χ4v) is 2.71. The molecule has 0 aromatic carbocycles. The van der Waals surface area contributed by atoms with E-state index >= 15 is 0 Å². The van der Waals surface area contributed by atoms with Crippen LogP contribution in [0.1, 0.15) is 107 Å². The van der Waals surface area contributed by atoms with E-state index in [1.807, 2.05) is 27.7 Å². The summed E-state index contributed by atoms with van der Waals surface area (Å²) in [5.41, 5.74) is -1.16. The Labute approximate surface area is 193 Å². The summed E-state index contributed by atoms with van der Waals surface area (Å²) >= 11 is 0. The Hall–Kier alpha value is -1.80. The minimum atomic E-state index is -0.933. The molecule has 0 saturated carbocycles. The average Bonchev–Trinajstić information content (AvgIpc) is 2.70. The van der Waals surface area contributed by atoms with Crippen molar-refractivity contribution < 1.29 is 38.6 Å². The minimum absolute atomic E-state index is 0.581. The molecule has 8 nitrogen and oxygen atoms in total. The Balaban J connectivity index is 4.22. The van der Waals surface area contributed by atoms with Crippen LogP contribution in [0.4, 0.5) is 9.59 Å². The number of ether oxygens (including phenoxy) is 2. The SMILES string of the molecule is CCCCCC(C)(C)OOC(=O)OC(C)C=CC(C)OC(=O)OOC(C)(C)CCCCC. The van der Waals surface area contributed by atoms with Crippen molar-refractivity contribution in [3.8, 4) is 0 Å². The quantitative estimate of drug-likeness (QED) is 0.0784. The molecule has 0 amide bonds. The molecule has 0 spiro atoms. The second kappa shape index (κ2) is 15.9. The predicted molar refractivity (Wildman–Crippen MR) is 122 cm³/mol. The highest BCUT2D eigenvalue weighted by Gasteiger charge is 2.24. The number of carbonyl (C=O) groups excluding carboxylic acids is 2. The lowest BCUT2D eigenvalue weighted by Gasteiger charge is -2.22. The maximum Gasteiger partial charge on any atom is 0.541 e. The molecule has 0 fully saturated rings. The smallest absolute Gasteiger partial charge is 0.425 e. The number of hydrogen-bond donors (Lipinski definition) is 0. The van der Waals surface area contributed by atoms with Crippen molar-refractivity contribution >= 4 is 12.3 Å². The second-order valence-corrected chi connectivity index (χ2v) is 9.30. The zero-order valence-corrected chi connectivity index (χ0v) is 21.2. The first-order valence-electron chi connectivity index (χ1n) is 11.7. The Kier molecular flexibility index (Phi) is 15.0. The van der Waals surface area contributed by atoms with Crippen LogP contribution in [0, 0.1) is 0 Å². The predicted octanol–water partition coefficient (Wildman–Crippen LogP) is 7.21. The van der Waals surface area contributed by atoms with Crippen molar-refractivity contribution in [3.63, 3.8) is 0 Å². The van der Waals surface area contributed by atoms with E-state index in [0.29, 0.717) is 0 Å². The average molecular weight is 461 g/mol. The lowest BCUT2D eigenvalue weighted by molar-refractivity contribution is -0.320. The number of carbonyl (C=O) groups is 2. The molecule has 0 aliphatic heterocycles. The van der Waals surface area contributed by atoms with Gasteiger partial charge in [0.2, 0.25) is 0 Å². The van der Waals surface area contributed by atoms with Gasteiger partial charge in [0.1, 0.15) is 23.4 Å². The molecule has 0 aliphatic carbocycles. The van der Waals surface area contributed by atoms with E-state index in [1.165, 1.54) is 0 Å². The van der Waals surface area contributed by atoms with Crippen LogP contribution in [-0.4, -0.2) is 35.7 Å². The van der Waals surface area contributed by atoms with Gasteiger partial charge in [0.05, 0.1) is 0 Å². The van der Waals surface area contributed by atoms with E-state index in [0.717, 1.165) is 51.4 Å². The Morgan fingerprint density at radius 3 is 1.34 bits per heavy atom. The van der Waals surface area contributed by atoms with Gasteiger partial charge in [-0.1, -0.05) is 52.4 Å². The molecule has 0 saturated heterocycles. The highest BCUT2D eigenvalue weighted by atomic mass is 17.2. The van der Waals surface area contributed by atoms with Gasteiger partial charge in [-0.05, 0) is 66.5 Å². The standard InChI is InChI=1S/C24H44O8/c1-9-11-13-17-23(5,6)31-29-21(25)27-19(3)15-16-20(4)28-22(26)30-32-24(7,8)18-14-12-10-2/h15-16,19-20H,9-14,17-18H2,1-8H3. The summed E-state index contributed by atoms with van der Waals surface area (Å²) in [5, 5.41) is 0. The first-order chi connectivity index (χ1) is 14.9. The lowest BCUT2D eigenvalue weighted by atomic mass is 10.0. The van der Waals surface area contributed by atoms with Crippen molar-refractivity contribution in [2.75, 3.05) is 0 Å². The van der Waals surface area contributed by atoms with Crippen LogP contribution in [0.2, 0.25) is 0 Å². The summed E-state index contributed by atoms with van der Waals surface area (Å²) < 4.78 is 10.2. The van der Waals surface area contributed by atoms with E-state index in [4.69, 9.17) is 29.0 Å². The summed E-state index contributed by atoms with van der Waals surface area (Å²) in [6.45, 7) is 15.0. The summed E-state index contributed by atoms with van der Waals surface area (Å²) in [7, 11) is 0. The fourth-order valence-electron chi connectivity index (χ4n) is 2.71. The number of rotatable bonds is 16. The Morgan fingerprint density at radius 1 is 0.688 bits per heavy atom. The minimum Gasteiger partial charge on any atom is -0.425 e. The molecule has 2 unspecified atom stereocenters. The third-order valence-corrected chi connectivity index (χ3v) is 4.65. The molecular formula is C24H44O8. The highest BCUT2D eigenvalue weighted by molar-refractivity contribution is 5.60. The van der Waals surface area contributed by atoms with E-state index in [9.17, 15) is 9.59 Å². The normalized spacial score (nSPS) is 14.1. The maximum absolute atomic E-state index is 11.8. The molecule has 0 heterocycles. The third-order valence-electron chi connectivity index (χ3n) is 4.65. The lowest BCUT2D eigenvalue weighted by Crippen LogP contribution is -2.27. The van der Waals surface area contributed by atoms with Crippen LogP contribution < -0.4 is 0 Å². The molecule has 2 atom stereocenters. The van der Waals surface area contributed by atoms with Crippen LogP contribution in [0.3, 0.4) is 0 Å². The molecule has 32 heavy (non-hydrogen) atoms. The second-order valence-electron chi connectivity index (χ2n) is 9.30. The number of hydrogen-bond acceptors (Lipinski definition) is 8. The third kappa shape index (κ3) is 16.8. The van der Waals surface area contributed by atoms with Crippen molar-refractivity contribution in [2.24, 2.45) is 0 Å². The Morgan fingerprint density at radius 2 is 1.03 bits per heavy atom. The van der Waals surface area contributed by atoms with E-state index in [1.54, 1.807) is 26.0 Å². The topological polar surface area (TPSA) is 89.5 Å². The first kappa shape index (κ1) is 30.2. The van der Waals surface area contributed by atoms with Crippen molar-refractivity contribution in [1.29, 1.82) is 0 Å². The zero-order chi connectivity index (χ0) is 24.6. The summed E-state index contributed by atoms with van der Waals surface area (Å²) in [6.07, 6.45) is 7.98. The van der Waals surface area contributed by atoms with Crippen LogP contribution >= 0.6 is 0 Å². The monoisotopic (exact) mass is 460 g/mol. The van der Waals surface area contributed by atoms with Crippen molar-refractivity contribution in [3.05, 3.63) is 12.2 Å². The molecular weight excluding hydrogens is 416 g/mol. The maximum atomic E-state index is 11.8. The summed E-state index contributed by atoms with van der Waals surface area (Å²) in [6, 6.07) is 0. The Bertz CT molecular complexity index is 508. The largest absolute Gasteiger partial charge is 0.541 e. The number of unbranched alkanes of at least 4 members (excludes halogenated alkanes) is 4. The van der Waals surface area contributed by atoms with Crippen molar-refractivity contribution in [1.82, 2.24) is 0 Å². The van der Waals surface area contributed by atoms with Crippen LogP contribution in [-0.2, 0) is 29.0 Å². The molecule has 188 valence electrons. The van der Waals surface area contributed by atoms with Gasteiger partial charge in [-0.25, -0.2) is 9.59 Å². The van der Waals surface area contributed by atoms with Gasteiger partial charge in [-0.15, -0.1) is 0 Å².